The van der Waals surface area contributed by atoms with E-state index in [1.807, 2.05) is 30.9 Å². The van der Waals surface area contributed by atoms with Gasteiger partial charge in [-0.15, -0.1) is 0 Å². The van der Waals surface area contributed by atoms with Gasteiger partial charge >= 0.3 is 6.03 Å². The molecular weight excluding hydrogens is 440 g/mol. The number of fused-ring (bicyclic) bond motifs is 1. The highest BCUT2D eigenvalue weighted by Gasteiger charge is 2.31. The van der Waals surface area contributed by atoms with E-state index in [1.165, 1.54) is 13.0 Å². The lowest BCUT2D eigenvalue weighted by atomic mass is 10.1. The zero-order valence-electron chi connectivity index (χ0n) is 19.2. The van der Waals surface area contributed by atoms with Crippen molar-refractivity contribution in [3.63, 3.8) is 0 Å². The maximum atomic E-state index is 13.0. The van der Waals surface area contributed by atoms with Gasteiger partial charge in [-0.3, -0.25) is 9.69 Å². The number of urea groups is 1. The van der Waals surface area contributed by atoms with Gasteiger partial charge in [0, 0.05) is 31.0 Å². The van der Waals surface area contributed by atoms with Crippen LogP contribution < -0.4 is 14.9 Å². The first-order chi connectivity index (χ1) is 15.7. The molecule has 1 unspecified atom stereocenters. The van der Waals surface area contributed by atoms with Crippen LogP contribution in [0.5, 0.6) is 0 Å². The number of sulfonamides is 1. The topological polar surface area (TPSA) is 98.8 Å². The van der Waals surface area contributed by atoms with Crippen molar-refractivity contribution in [3.8, 4) is 0 Å². The lowest BCUT2D eigenvalue weighted by molar-refractivity contribution is -0.117. The maximum absolute atomic E-state index is 13.0. The molecule has 0 radical (unpaired) electrons. The molecule has 2 heterocycles. The summed E-state index contributed by atoms with van der Waals surface area (Å²) in [6.07, 6.45) is 2.63. The third-order valence-electron chi connectivity index (χ3n) is 6.45. The molecular formula is C24H30N4O4S. The van der Waals surface area contributed by atoms with E-state index in [2.05, 4.69) is 10.0 Å². The van der Waals surface area contributed by atoms with E-state index in [1.54, 1.807) is 23.1 Å². The quantitative estimate of drug-likeness (QED) is 0.701. The molecule has 1 saturated heterocycles. The Hall–Kier alpha value is -2.91. The standard InChI is InChI=1S/C24H30N4O4S/c1-16-7-6-8-21(17(16)2)25-23(29)18(3)26-33(31,32)20-9-10-22-19(15-20)11-14-28(22)24(30)27-12-4-5-13-27/h6-10,15,18,26H,4-5,11-14H2,1-3H3,(H,25,29). The second kappa shape index (κ2) is 9.15. The number of amides is 3. The minimum absolute atomic E-state index is 0.0169. The molecule has 2 aliphatic rings. The Morgan fingerprint density at radius 3 is 2.48 bits per heavy atom. The first-order valence-corrected chi connectivity index (χ1v) is 12.7. The predicted octanol–water partition coefficient (Wildman–Crippen LogP) is 3.19. The first kappa shape index (κ1) is 23.3. The van der Waals surface area contributed by atoms with E-state index in [0.29, 0.717) is 18.7 Å². The van der Waals surface area contributed by atoms with Gasteiger partial charge in [0.15, 0.2) is 0 Å². The molecule has 33 heavy (non-hydrogen) atoms. The highest BCUT2D eigenvalue weighted by Crippen LogP contribution is 2.31. The Morgan fingerprint density at radius 1 is 1.03 bits per heavy atom. The fourth-order valence-corrected chi connectivity index (χ4v) is 5.56. The van der Waals surface area contributed by atoms with Gasteiger partial charge in [0.2, 0.25) is 15.9 Å². The summed E-state index contributed by atoms with van der Waals surface area (Å²) in [6.45, 7) is 7.44. The van der Waals surface area contributed by atoms with Crippen molar-refractivity contribution in [2.75, 3.05) is 29.9 Å². The van der Waals surface area contributed by atoms with Gasteiger partial charge in [-0.1, -0.05) is 12.1 Å². The third kappa shape index (κ3) is 4.74. The fourth-order valence-electron chi connectivity index (χ4n) is 4.30. The normalized spacial score (nSPS) is 16.6. The summed E-state index contributed by atoms with van der Waals surface area (Å²) in [5.41, 5.74) is 4.21. The number of nitrogens with one attached hydrogen (secondary N) is 2. The van der Waals surface area contributed by atoms with Crippen LogP contribution in [0.1, 0.15) is 36.5 Å². The van der Waals surface area contributed by atoms with Crippen molar-refractivity contribution in [1.29, 1.82) is 0 Å². The average Bonchev–Trinajstić information content (AvgIpc) is 3.46. The molecule has 3 amide bonds. The molecule has 0 aromatic heterocycles. The number of likely N-dealkylation sites (tertiary alicyclic amines) is 1. The molecule has 2 aliphatic heterocycles. The van der Waals surface area contributed by atoms with E-state index in [9.17, 15) is 18.0 Å². The van der Waals surface area contributed by atoms with Gasteiger partial charge in [-0.2, -0.15) is 4.72 Å². The van der Waals surface area contributed by atoms with E-state index < -0.39 is 22.0 Å². The minimum atomic E-state index is -3.91. The lowest BCUT2D eigenvalue weighted by Crippen LogP contribution is -2.41. The summed E-state index contributed by atoms with van der Waals surface area (Å²) in [4.78, 5) is 29.1. The largest absolute Gasteiger partial charge is 0.324 e. The van der Waals surface area contributed by atoms with Crippen molar-refractivity contribution in [3.05, 3.63) is 53.1 Å². The Morgan fingerprint density at radius 2 is 1.76 bits per heavy atom. The fraction of sp³-hybridized carbons (Fsp3) is 0.417. The molecule has 2 N–H and O–H groups in total. The number of benzene rings is 2. The molecule has 4 rings (SSSR count). The smallest absolute Gasteiger partial charge is 0.324 e. The number of nitrogens with zero attached hydrogens (tertiary/aromatic N) is 2. The molecule has 8 nitrogen and oxygen atoms in total. The van der Waals surface area contributed by atoms with E-state index in [4.69, 9.17) is 0 Å². The average molecular weight is 471 g/mol. The van der Waals surface area contributed by atoms with Crippen LogP contribution in [0.25, 0.3) is 0 Å². The van der Waals surface area contributed by atoms with Crippen molar-refractivity contribution < 1.29 is 18.0 Å². The molecule has 9 heteroatoms. The Bertz CT molecular complexity index is 1190. The third-order valence-corrected chi connectivity index (χ3v) is 7.99. The molecule has 176 valence electrons. The van der Waals surface area contributed by atoms with Gasteiger partial charge in [0.05, 0.1) is 10.9 Å². The molecule has 2 aromatic carbocycles. The van der Waals surface area contributed by atoms with E-state index in [0.717, 1.165) is 48.3 Å². The Kier molecular flexibility index (Phi) is 6.45. The van der Waals surface area contributed by atoms with Crippen molar-refractivity contribution >= 4 is 33.3 Å². The zero-order valence-corrected chi connectivity index (χ0v) is 20.0. The van der Waals surface area contributed by atoms with Crippen LogP contribution in [0.2, 0.25) is 0 Å². The van der Waals surface area contributed by atoms with Crippen LogP contribution in [-0.4, -0.2) is 50.9 Å². The summed E-state index contributed by atoms with van der Waals surface area (Å²) in [5, 5.41) is 2.80. The SMILES string of the molecule is Cc1cccc(NC(=O)C(C)NS(=O)(=O)c2ccc3c(c2)CCN3C(=O)N2CCCC2)c1C. The molecule has 2 aromatic rings. The van der Waals surface area contributed by atoms with Crippen LogP contribution in [-0.2, 0) is 21.2 Å². The van der Waals surface area contributed by atoms with Gasteiger partial charge < -0.3 is 10.2 Å². The van der Waals surface area contributed by atoms with Crippen LogP contribution in [0.3, 0.4) is 0 Å². The van der Waals surface area contributed by atoms with Crippen molar-refractivity contribution in [1.82, 2.24) is 9.62 Å². The number of rotatable bonds is 5. The van der Waals surface area contributed by atoms with Crippen molar-refractivity contribution in [2.24, 2.45) is 0 Å². The molecule has 0 spiro atoms. The van der Waals surface area contributed by atoms with E-state index in [-0.39, 0.29) is 10.9 Å². The summed E-state index contributed by atoms with van der Waals surface area (Å²) >= 11 is 0. The highest BCUT2D eigenvalue weighted by molar-refractivity contribution is 7.89. The summed E-state index contributed by atoms with van der Waals surface area (Å²) in [6, 6.07) is 9.38. The number of carbonyl (C=O) groups excluding carboxylic acids is 2. The summed E-state index contributed by atoms with van der Waals surface area (Å²) in [5.74, 6) is -0.434. The van der Waals surface area contributed by atoms with Gasteiger partial charge in [-0.25, -0.2) is 13.2 Å². The lowest BCUT2D eigenvalue weighted by Gasteiger charge is -2.24. The Labute approximate surface area is 195 Å². The number of hydrogen-bond donors (Lipinski definition) is 2. The Balaban J connectivity index is 1.46. The maximum Gasteiger partial charge on any atom is 0.324 e. The monoisotopic (exact) mass is 470 g/mol. The van der Waals surface area contributed by atoms with Crippen molar-refractivity contribution in [2.45, 2.75) is 51.0 Å². The number of carbonyl (C=O) groups is 2. The van der Waals surface area contributed by atoms with Gasteiger partial charge in [-0.05, 0) is 81.0 Å². The van der Waals surface area contributed by atoms with Crippen LogP contribution >= 0.6 is 0 Å². The predicted molar refractivity (Wildman–Crippen MR) is 128 cm³/mol. The first-order valence-electron chi connectivity index (χ1n) is 11.3. The van der Waals surface area contributed by atoms with Crippen LogP contribution in [0, 0.1) is 13.8 Å². The number of hydrogen-bond acceptors (Lipinski definition) is 4. The summed E-state index contributed by atoms with van der Waals surface area (Å²) < 4.78 is 28.4. The molecule has 0 bridgehead atoms. The highest BCUT2D eigenvalue weighted by atomic mass is 32.2. The van der Waals surface area contributed by atoms with Gasteiger partial charge in [0.25, 0.3) is 0 Å². The number of aryl methyl sites for hydroxylation is 1. The van der Waals surface area contributed by atoms with Gasteiger partial charge in [0.1, 0.15) is 0 Å². The molecule has 0 aliphatic carbocycles. The van der Waals surface area contributed by atoms with Crippen LogP contribution in [0.15, 0.2) is 41.3 Å². The zero-order chi connectivity index (χ0) is 23.8. The second-order valence-electron chi connectivity index (χ2n) is 8.75. The molecule has 1 fully saturated rings. The molecule has 0 saturated carbocycles. The van der Waals surface area contributed by atoms with E-state index >= 15 is 0 Å². The van der Waals surface area contributed by atoms with Crippen LogP contribution in [0.4, 0.5) is 16.2 Å². The number of anilines is 2. The second-order valence-corrected chi connectivity index (χ2v) is 10.5. The summed E-state index contributed by atoms with van der Waals surface area (Å²) in [7, 11) is -3.91. The minimum Gasteiger partial charge on any atom is -0.324 e. The molecule has 1 atom stereocenters.